The molecular formula is C24H25O4P. The topological polar surface area (TPSA) is 55.8 Å². The number of benzene rings is 3. The fourth-order valence-electron chi connectivity index (χ4n) is 3.83. The molecule has 29 heavy (non-hydrogen) atoms. The van der Waals surface area contributed by atoms with Gasteiger partial charge < -0.3 is 14.4 Å². The zero-order valence-electron chi connectivity index (χ0n) is 16.8. The largest absolute Gasteiger partial charge is 0.340 e. The first-order chi connectivity index (χ1) is 13.9. The van der Waals surface area contributed by atoms with Gasteiger partial charge in [0.25, 0.3) is 7.37 Å². The summed E-state index contributed by atoms with van der Waals surface area (Å²) in [6.45, 7) is 5.85. The van der Waals surface area contributed by atoms with Crippen LogP contribution in [0.2, 0.25) is 0 Å². The van der Waals surface area contributed by atoms with Crippen LogP contribution in [0.15, 0.2) is 72.8 Å². The van der Waals surface area contributed by atoms with Crippen molar-refractivity contribution in [3.63, 3.8) is 0 Å². The monoisotopic (exact) mass is 408 g/mol. The lowest BCUT2D eigenvalue weighted by atomic mass is 10.1. The van der Waals surface area contributed by atoms with Crippen molar-refractivity contribution in [3.8, 4) is 0 Å². The van der Waals surface area contributed by atoms with E-state index in [1.807, 2.05) is 93.6 Å². The predicted molar refractivity (Wildman–Crippen MR) is 114 cm³/mol. The molecule has 0 spiro atoms. The van der Waals surface area contributed by atoms with Crippen LogP contribution in [0.1, 0.15) is 51.4 Å². The van der Waals surface area contributed by atoms with E-state index in [0.29, 0.717) is 0 Å². The molecule has 3 aromatic rings. The Morgan fingerprint density at radius 3 is 1.38 bits per heavy atom. The summed E-state index contributed by atoms with van der Waals surface area (Å²) >= 11 is 0. The fraction of sp³-hybridized carbons (Fsp3) is 0.250. The number of ether oxygens (including phenoxy) is 2. The molecule has 4 atom stereocenters. The molecule has 150 valence electrons. The van der Waals surface area contributed by atoms with Crippen LogP contribution in [0.4, 0.5) is 0 Å². The molecule has 2 unspecified atom stereocenters. The maximum atomic E-state index is 13.8. The van der Waals surface area contributed by atoms with Gasteiger partial charge in [-0.2, -0.15) is 0 Å². The summed E-state index contributed by atoms with van der Waals surface area (Å²) in [6.07, 6.45) is -0.736. The third-order valence-electron chi connectivity index (χ3n) is 5.53. The highest BCUT2D eigenvalue weighted by Gasteiger charge is 2.50. The van der Waals surface area contributed by atoms with Crippen LogP contribution >= 0.6 is 7.37 Å². The number of aryl methyl sites for hydroxylation is 3. The zero-order chi connectivity index (χ0) is 20.6. The average molecular weight is 408 g/mol. The molecule has 0 saturated carbocycles. The maximum absolute atomic E-state index is 13.8. The molecule has 0 aromatic heterocycles. The number of rotatable bonds is 3. The minimum atomic E-state index is -3.92. The molecule has 0 bridgehead atoms. The molecule has 0 amide bonds. The maximum Gasteiger partial charge on any atom is 0.265 e. The van der Waals surface area contributed by atoms with Gasteiger partial charge in [-0.1, -0.05) is 72.8 Å². The van der Waals surface area contributed by atoms with Gasteiger partial charge in [-0.3, -0.25) is 4.57 Å². The van der Waals surface area contributed by atoms with E-state index in [4.69, 9.17) is 9.47 Å². The molecule has 3 aromatic carbocycles. The summed E-state index contributed by atoms with van der Waals surface area (Å²) in [5.41, 5.74) is 5.16. The summed E-state index contributed by atoms with van der Waals surface area (Å²) in [7, 11) is -3.92. The van der Waals surface area contributed by atoms with Crippen molar-refractivity contribution >= 4 is 7.37 Å². The van der Waals surface area contributed by atoms with E-state index < -0.39 is 25.3 Å². The Morgan fingerprint density at radius 2 is 1.00 bits per heavy atom. The molecule has 1 N–H and O–H groups in total. The van der Waals surface area contributed by atoms with Gasteiger partial charge in [0, 0.05) is 5.56 Å². The van der Waals surface area contributed by atoms with Crippen molar-refractivity contribution in [2.45, 2.75) is 38.8 Å². The molecule has 1 heterocycles. The van der Waals surface area contributed by atoms with Crippen molar-refractivity contribution < 1.29 is 18.9 Å². The quantitative estimate of drug-likeness (QED) is 0.515. The second-order valence-corrected chi connectivity index (χ2v) is 9.83. The van der Waals surface area contributed by atoms with Gasteiger partial charge in [-0.05, 0) is 48.6 Å². The Kier molecular flexibility index (Phi) is 5.46. The summed E-state index contributed by atoms with van der Waals surface area (Å²) < 4.78 is 26.2. The minimum absolute atomic E-state index is 0.721. The van der Waals surface area contributed by atoms with Crippen molar-refractivity contribution in [1.82, 2.24) is 0 Å². The van der Waals surface area contributed by atoms with Crippen LogP contribution in [-0.4, -0.2) is 4.89 Å². The van der Waals surface area contributed by atoms with E-state index in [1.54, 1.807) is 0 Å². The summed E-state index contributed by atoms with van der Waals surface area (Å²) in [4.78, 5) is 11.3. The Balaban J connectivity index is 1.86. The zero-order valence-corrected chi connectivity index (χ0v) is 17.7. The number of hydrogen-bond donors (Lipinski definition) is 1. The lowest BCUT2D eigenvalue weighted by Crippen LogP contribution is -2.26. The van der Waals surface area contributed by atoms with Crippen molar-refractivity contribution in [2.24, 2.45) is 0 Å². The molecule has 4 nitrogen and oxygen atoms in total. The third kappa shape index (κ3) is 3.70. The molecule has 1 saturated heterocycles. The molecule has 1 aliphatic heterocycles. The van der Waals surface area contributed by atoms with E-state index in [0.717, 1.165) is 33.4 Å². The first kappa shape index (κ1) is 20.1. The Labute approximate surface area is 171 Å². The van der Waals surface area contributed by atoms with Crippen LogP contribution in [0, 0.1) is 20.8 Å². The van der Waals surface area contributed by atoms with E-state index >= 15 is 0 Å². The predicted octanol–water partition coefficient (Wildman–Crippen LogP) is 6.33. The Hall–Kier alpha value is -2.23. The smallest absolute Gasteiger partial charge is 0.265 e. The molecule has 0 radical (unpaired) electrons. The molecule has 4 rings (SSSR count). The Morgan fingerprint density at radius 1 is 0.655 bits per heavy atom. The van der Waals surface area contributed by atoms with Gasteiger partial charge >= 0.3 is 0 Å². The van der Waals surface area contributed by atoms with Crippen LogP contribution in [-0.2, 0) is 14.0 Å². The van der Waals surface area contributed by atoms with Gasteiger partial charge in [0.15, 0.2) is 18.0 Å². The van der Waals surface area contributed by atoms with Crippen LogP contribution < -0.4 is 0 Å². The molecule has 5 heteroatoms. The van der Waals surface area contributed by atoms with E-state index in [1.165, 1.54) is 0 Å². The standard InChI is InChI=1S/C24H25O4P/c1-16-10-4-7-13-19(16)22-27-23(20-14-8-5-11-17(20)2)29(25,26)24(28-22)21-15-9-6-12-18(21)3/h4-15,22-24H,1-3H3,(H,25,26)/t22?,23-,24+. The summed E-state index contributed by atoms with van der Waals surface area (Å²) in [6, 6.07) is 23.0. The first-order valence-electron chi connectivity index (χ1n) is 9.69. The SMILES string of the molecule is Cc1ccccc1C1O[C@H](c2ccccc2C)P(=O)(O)[C@H](c2ccccc2C)O1. The van der Waals surface area contributed by atoms with Gasteiger partial charge in [0.1, 0.15) is 0 Å². The van der Waals surface area contributed by atoms with Crippen molar-refractivity contribution in [1.29, 1.82) is 0 Å². The highest BCUT2D eigenvalue weighted by atomic mass is 31.2. The second kappa shape index (κ2) is 7.89. The fourth-order valence-corrected chi connectivity index (χ4v) is 6.03. The molecule has 1 aliphatic rings. The second-order valence-electron chi connectivity index (χ2n) is 7.55. The van der Waals surface area contributed by atoms with Crippen LogP contribution in [0.25, 0.3) is 0 Å². The van der Waals surface area contributed by atoms with Gasteiger partial charge in [-0.15, -0.1) is 0 Å². The van der Waals surface area contributed by atoms with Crippen molar-refractivity contribution in [2.75, 3.05) is 0 Å². The van der Waals surface area contributed by atoms with Gasteiger partial charge in [0.2, 0.25) is 0 Å². The highest BCUT2D eigenvalue weighted by Crippen LogP contribution is 2.71. The van der Waals surface area contributed by atoms with Gasteiger partial charge in [0.05, 0.1) is 0 Å². The van der Waals surface area contributed by atoms with E-state index in [-0.39, 0.29) is 0 Å². The Bertz CT molecular complexity index is 1020. The summed E-state index contributed by atoms with van der Waals surface area (Å²) in [5, 5.41) is 0. The van der Waals surface area contributed by atoms with Crippen LogP contribution in [0.5, 0.6) is 0 Å². The minimum Gasteiger partial charge on any atom is -0.340 e. The molecule has 0 aliphatic carbocycles. The van der Waals surface area contributed by atoms with Gasteiger partial charge in [-0.25, -0.2) is 0 Å². The average Bonchev–Trinajstić information content (AvgIpc) is 2.70. The normalized spacial score (nSPS) is 27.0. The van der Waals surface area contributed by atoms with E-state index in [2.05, 4.69) is 0 Å². The lowest BCUT2D eigenvalue weighted by Gasteiger charge is -2.40. The third-order valence-corrected chi connectivity index (χ3v) is 7.67. The summed E-state index contributed by atoms with van der Waals surface area (Å²) in [5.74, 6) is -1.93. The highest BCUT2D eigenvalue weighted by molar-refractivity contribution is 7.58. The lowest BCUT2D eigenvalue weighted by molar-refractivity contribution is -0.195. The number of hydrogen-bond acceptors (Lipinski definition) is 3. The first-order valence-corrected chi connectivity index (χ1v) is 11.5. The molecule has 1 fully saturated rings. The molecular weight excluding hydrogens is 383 g/mol. The van der Waals surface area contributed by atoms with Crippen LogP contribution in [0.3, 0.4) is 0 Å². The van der Waals surface area contributed by atoms with E-state index in [9.17, 15) is 9.46 Å². The van der Waals surface area contributed by atoms with Crippen molar-refractivity contribution in [3.05, 3.63) is 106 Å².